The van der Waals surface area contributed by atoms with E-state index >= 15 is 0 Å². The zero-order valence-electron chi connectivity index (χ0n) is 6.79. The van der Waals surface area contributed by atoms with Crippen molar-refractivity contribution in [2.24, 2.45) is 0 Å². The summed E-state index contributed by atoms with van der Waals surface area (Å²) < 4.78 is 17.8. The highest BCUT2D eigenvalue weighted by Crippen LogP contribution is 2.22. The molecule has 0 heterocycles. The normalized spacial score (nSPS) is 9.92. The molecule has 0 aliphatic rings. The number of benzene rings is 1. The summed E-state index contributed by atoms with van der Waals surface area (Å²) in [5.41, 5.74) is -0.0515. The highest BCUT2D eigenvalue weighted by Gasteiger charge is 2.21. The van der Waals surface area contributed by atoms with E-state index in [1.54, 1.807) is 0 Å². The van der Waals surface area contributed by atoms with E-state index < -0.39 is 12.9 Å². The quantitative estimate of drug-likeness (QED) is 0.675. The molecule has 1 rings (SSSR count). The standard InChI is InChI=1S/C7H7BClFO3/c1-13-7-4(8(11)12)2-3-5(9)6(7)10/h2-3,11-12H,1H3. The van der Waals surface area contributed by atoms with Crippen LogP contribution in [0.3, 0.4) is 0 Å². The van der Waals surface area contributed by atoms with E-state index in [4.69, 9.17) is 21.6 Å². The lowest BCUT2D eigenvalue weighted by atomic mass is 9.79. The average molecular weight is 204 g/mol. The minimum atomic E-state index is -1.78. The second-order valence-electron chi connectivity index (χ2n) is 2.36. The average Bonchev–Trinajstić information content (AvgIpc) is 2.09. The monoisotopic (exact) mass is 204 g/mol. The van der Waals surface area contributed by atoms with Gasteiger partial charge in [-0.25, -0.2) is 4.39 Å². The zero-order valence-corrected chi connectivity index (χ0v) is 7.55. The van der Waals surface area contributed by atoms with Crippen LogP contribution in [0.4, 0.5) is 4.39 Å². The number of methoxy groups -OCH3 is 1. The Bertz CT molecular complexity index is 319. The van der Waals surface area contributed by atoms with E-state index in [2.05, 4.69) is 4.74 Å². The van der Waals surface area contributed by atoms with Gasteiger partial charge < -0.3 is 14.8 Å². The molecule has 0 amide bonds. The molecular weight excluding hydrogens is 197 g/mol. The van der Waals surface area contributed by atoms with Gasteiger partial charge in [-0.05, 0) is 6.07 Å². The molecule has 0 saturated heterocycles. The van der Waals surface area contributed by atoms with Gasteiger partial charge in [0.1, 0.15) is 0 Å². The SMILES string of the molecule is COc1c(B(O)O)ccc(Cl)c1F. The van der Waals surface area contributed by atoms with Crippen molar-refractivity contribution < 1.29 is 19.2 Å². The molecule has 0 radical (unpaired) electrons. The van der Waals surface area contributed by atoms with Gasteiger partial charge in [0.25, 0.3) is 0 Å². The Kier molecular flexibility index (Phi) is 3.14. The predicted molar refractivity (Wildman–Crippen MR) is 47.8 cm³/mol. The summed E-state index contributed by atoms with van der Waals surface area (Å²) >= 11 is 5.45. The van der Waals surface area contributed by atoms with E-state index in [9.17, 15) is 4.39 Å². The number of hydrogen-bond donors (Lipinski definition) is 2. The zero-order chi connectivity index (χ0) is 10.0. The van der Waals surface area contributed by atoms with Crippen molar-refractivity contribution in [1.82, 2.24) is 0 Å². The highest BCUT2D eigenvalue weighted by atomic mass is 35.5. The Morgan fingerprint density at radius 1 is 1.46 bits per heavy atom. The Morgan fingerprint density at radius 2 is 2.08 bits per heavy atom. The van der Waals surface area contributed by atoms with Crippen LogP contribution in [0.5, 0.6) is 5.75 Å². The molecule has 0 unspecified atom stereocenters. The molecule has 0 aliphatic carbocycles. The van der Waals surface area contributed by atoms with Crippen molar-refractivity contribution in [3.05, 3.63) is 23.0 Å². The molecule has 0 saturated carbocycles. The van der Waals surface area contributed by atoms with E-state index in [0.717, 1.165) is 0 Å². The Balaban J connectivity index is 3.30. The first-order valence-corrected chi connectivity index (χ1v) is 3.83. The molecule has 2 N–H and O–H groups in total. The van der Waals surface area contributed by atoms with Crippen LogP contribution in [0.1, 0.15) is 0 Å². The van der Waals surface area contributed by atoms with Crippen LogP contribution in [0.15, 0.2) is 12.1 Å². The lowest BCUT2D eigenvalue weighted by Crippen LogP contribution is -2.31. The maximum atomic E-state index is 13.1. The van der Waals surface area contributed by atoms with Crippen LogP contribution < -0.4 is 10.2 Å². The van der Waals surface area contributed by atoms with Crippen molar-refractivity contribution in [3.63, 3.8) is 0 Å². The molecule has 3 nitrogen and oxygen atoms in total. The van der Waals surface area contributed by atoms with Crippen LogP contribution in [0.2, 0.25) is 5.02 Å². The van der Waals surface area contributed by atoms with Crippen molar-refractivity contribution in [3.8, 4) is 5.75 Å². The number of rotatable bonds is 2. The number of hydrogen-bond acceptors (Lipinski definition) is 3. The summed E-state index contributed by atoms with van der Waals surface area (Å²) in [6, 6.07) is 2.52. The van der Waals surface area contributed by atoms with E-state index in [1.807, 2.05) is 0 Å². The van der Waals surface area contributed by atoms with Gasteiger partial charge in [0, 0.05) is 5.46 Å². The number of halogens is 2. The van der Waals surface area contributed by atoms with Crippen LogP contribution in [0.25, 0.3) is 0 Å². The summed E-state index contributed by atoms with van der Waals surface area (Å²) in [6.45, 7) is 0. The van der Waals surface area contributed by atoms with Crippen molar-refractivity contribution in [2.45, 2.75) is 0 Å². The van der Waals surface area contributed by atoms with Crippen LogP contribution in [0, 0.1) is 5.82 Å². The first-order valence-electron chi connectivity index (χ1n) is 3.46. The summed E-state index contributed by atoms with van der Waals surface area (Å²) in [7, 11) is -0.553. The largest absolute Gasteiger partial charge is 0.494 e. The molecule has 0 atom stereocenters. The Hall–Kier alpha value is -0.775. The molecule has 0 bridgehead atoms. The van der Waals surface area contributed by atoms with Crippen LogP contribution in [-0.2, 0) is 0 Å². The van der Waals surface area contributed by atoms with Crippen LogP contribution >= 0.6 is 11.6 Å². The lowest BCUT2D eigenvalue weighted by Gasteiger charge is -2.08. The Morgan fingerprint density at radius 3 is 2.54 bits per heavy atom. The third-order valence-corrected chi connectivity index (χ3v) is 1.85. The van der Waals surface area contributed by atoms with Crippen LogP contribution in [-0.4, -0.2) is 24.3 Å². The molecule has 6 heteroatoms. The first-order chi connectivity index (χ1) is 6.07. The topological polar surface area (TPSA) is 49.7 Å². The molecule has 1 aromatic carbocycles. The highest BCUT2D eigenvalue weighted by molar-refractivity contribution is 6.59. The molecule has 0 aliphatic heterocycles. The molecule has 70 valence electrons. The lowest BCUT2D eigenvalue weighted by molar-refractivity contribution is 0.382. The van der Waals surface area contributed by atoms with E-state index in [0.29, 0.717) is 0 Å². The first kappa shape index (κ1) is 10.3. The van der Waals surface area contributed by atoms with Gasteiger partial charge in [-0.3, -0.25) is 0 Å². The molecule has 0 fully saturated rings. The summed E-state index contributed by atoms with van der Waals surface area (Å²) in [5, 5.41) is 17.5. The molecular formula is C7H7BClFO3. The van der Waals surface area contributed by atoms with E-state index in [1.165, 1.54) is 19.2 Å². The molecule has 13 heavy (non-hydrogen) atoms. The molecule has 0 aromatic heterocycles. The maximum Gasteiger partial charge on any atom is 0.492 e. The van der Waals surface area contributed by atoms with Gasteiger partial charge in [-0.15, -0.1) is 0 Å². The smallest absolute Gasteiger partial charge is 0.492 e. The Labute approximate surface area is 79.9 Å². The summed E-state index contributed by atoms with van der Waals surface area (Å²) in [5.74, 6) is -1.04. The summed E-state index contributed by atoms with van der Waals surface area (Å²) in [4.78, 5) is 0. The van der Waals surface area contributed by atoms with E-state index in [-0.39, 0.29) is 16.2 Å². The van der Waals surface area contributed by atoms with Gasteiger partial charge in [0.05, 0.1) is 12.1 Å². The minimum Gasteiger partial charge on any atom is -0.494 e. The van der Waals surface area contributed by atoms with Crippen molar-refractivity contribution in [1.29, 1.82) is 0 Å². The van der Waals surface area contributed by atoms with Gasteiger partial charge in [0.15, 0.2) is 11.6 Å². The second-order valence-corrected chi connectivity index (χ2v) is 2.76. The van der Waals surface area contributed by atoms with Gasteiger partial charge >= 0.3 is 7.12 Å². The molecule has 0 spiro atoms. The van der Waals surface area contributed by atoms with Crippen molar-refractivity contribution in [2.75, 3.05) is 7.11 Å². The second kappa shape index (κ2) is 3.96. The van der Waals surface area contributed by atoms with Gasteiger partial charge in [-0.2, -0.15) is 0 Å². The molecule has 1 aromatic rings. The fourth-order valence-electron chi connectivity index (χ4n) is 0.958. The summed E-state index contributed by atoms with van der Waals surface area (Å²) in [6.07, 6.45) is 0. The predicted octanol–water partition coefficient (Wildman–Crippen LogP) is 0.168. The minimum absolute atomic E-state index is 0.0515. The fraction of sp³-hybridized carbons (Fsp3) is 0.143. The third kappa shape index (κ3) is 1.93. The van der Waals surface area contributed by atoms with Crippen molar-refractivity contribution >= 4 is 24.2 Å². The third-order valence-electron chi connectivity index (χ3n) is 1.56. The van der Waals surface area contributed by atoms with Gasteiger partial charge in [-0.1, -0.05) is 17.7 Å². The maximum absolute atomic E-state index is 13.1. The fourth-order valence-corrected chi connectivity index (χ4v) is 1.11. The van der Waals surface area contributed by atoms with Gasteiger partial charge in [0.2, 0.25) is 0 Å². The number of ether oxygens (including phenoxy) is 1.